The first-order chi connectivity index (χ1) is 14.6. The van der Waals surface area contributed by atoms with Crippen molar-refractivity contribution in [1.82, 2.24) is 15.0 Å². The van der Waals surface area contributed by atoms with Crippen molar-refractivity contribution in [3.05, 3.63) is 77.4 Å². The Morgan fingerprint density at radius 2 is 1.80 bits per heavy atom. The molecule has 0 aliphatic carbocycles. The van der Waals surface area contributed by atoms with E-state index in [-0.39, 0.29) is 5.75 Å². The van der Waals surface area contributed by atoms with Crippen molar-refractivity contribution in [3.63, 3.8) is 0 Å². The Balaban J connectivity index is 1.74. The van der Waals surface area contributed by atoms with E-state index in [2.05, 4.69) is 32.0 Å². The Hall–Kier alpha value is -3.51. The molecule has 5 rings (SSSR count). The van der Waals surface area contributed by atoms with Crippen LogP contribution in [0, 0.1) is 0 Å². The number of halogens is 1. The number of phenols is 1. The van der Waals surface area contributed by atoms with E-state index in [1.807, 2.05) is 54.7 Å². The second kappa shape index (κ2) is 7.39. The highest BCUT2D eigenvalue weighted by Crippen LogP contribution is 2.38. The van der Waals surface area contributed by atoms with Crippen LogP contribution in [0.25, 0.3) is 44.8 Å². The number of methoxy groups -OCH3 is 1. The van der Waals surface area contributed by atoms with Gasteiger partial charge in [-0.25, -0.2) is 4.98 Å². The number of rotatable bonds is 4. The van der Waals surface area contributed by atoms with Crippen LogP contribution < -0.4 is 4.74 Å². The molecule has 0 aliphatic heterocycles. The molecule has 0 saturated carbocycles. The van der Waals surface area contributed by atoms with Gasteiger partial charge in [-0.15, -0.1) is 0 Å². The Morgan fingerprint density at radius 1 is 0.967 bits per heavy atom. The fourth-order valence-corrected chi connectivity index (χ4v) is 4.00. The summed E-state index contributed by atoms with van der Waals surface area (Å²) in [5.41, 5.74) is 5.60. The zero-order chi connectivity index (χ0) is 20.7. The van der Waals surface area contributed by atoms with Crippen molar-refractivity contribution in [2.75, 3.05) is 7.11 Å². The Kier molecular flexibility index (Phi) is 4.56. The molecule has 0 amide bonds. The maximum atomic E-state index is 10.0. The van der Waals surface area contributed by atoms with Gasteiger partial charge in [0.05, 0.1) is 18.5 Å². The van der Waals surface area contributed by atoms with E-state index in [1.54, 1.807) is 12.1 Å². The molecule has 148 valence electrons. The second-order valence-electron chi connectivity index (χ2n) is 6.95. The van der Waals surface area contributed by atoms with Crippen molar-refractivity contribution < 1.29 is 9.84 Å². The quantitative estimate of drug-likeness (QED) is 0.292. The highest BCUT2D eigenvalue weighted by Gasteiger charge is 2.18. The summed E-state index contributed by atoms with van der Waals surface area (Å²) in [6.07, 6.45) is 1.96. The lowest BCUT2D eigenvalue weighted by molar-refractivity contribution is 0.373. The Morgan fingerprint density at radius 3 is 2.60 bits per heavy atom. The molecule has 0 unspecified atom stereocenters. The van der Waals surface area contributed by atoms with Crippen LogP contribution in [-0.4, -0.2) is 27.2 Å². The summed E-state index contributed by atoms with van der Waals surface area (Å²) in [6.45, 7) is 0. The number of H-pyrrole nitrogens is 2. The van der Waals surface area contributed by atoms with Crippen LogP contribution in [0.15, 0.2) is 77.4 Å². The number of benzene rings is 3. The van der Waals surface area contributed by atoms with Crippen molar-refractivity contribution in [1.29, 1.82) is 0 Å². The molecule has 0 bridgehead atoms. The zero-order valence-electron chi connectivity index (χ0n) is 16.1. The van der Waals surface area contributed by atoms with Crippen LogP contribution in [0.2, 0.25) is 0 Å². The number of nitrogens with zero attached hydrogens (tertiary/aromatic N) is 1. The van der Waals surface area contributed by atoms with Crippen molar-refractivity contribution in [2.45, 2.75) is 0 Å². The third-order valence-corrected chi connectivity index (χ3v) is 5.61. The summed E-state index contributed by atoms with van der Waals surface area (Å²) in [5.74, 6) is 1.27. The Labute approximate surface area is 181 Å². The Bertz CT molecular complexity index is 1360. The molecule has 2 heterocycles. The maximum Gasteiger partial charge on any atom is 0.161 e. The molecule has 30 heavy (non-hydrogen) atoms. The third-order valence-electron chi connectivity index (χ3n) is 5.12. The van der Waals surface area contributed by atoms with Gasteiger partial charge in [0.15, 0.2) is 11.5 Å². The number of hydrogen-bond donors (Lipinski definition) is 3. The van der Waals surface area contributed by atoms with Gasteiger partial charge >= 0.3 is 0 Å². The van der Waals surface area contributed by atoms with Crippen LogP contribution in [-0.2, 0) is 0 Å². The topological polar surface area (TPSA) is 73.9 Å². The summed E-state index contributed by atoms with van der Waals surface area (Å²) in [4.78, 5) is 11.8. The minimum Gasteiger partial charge on any atom is -0.504 e. The zero-order valence-corrected chi connectivity index (χ0v) is 17.7. The van der Waals surface area contributed by atoms with Crippen LogP contribution in [0.3, 0.4) is 0 Å². The standard InChI is InChI=1S/C24H18BrN3O2/c1-30-21-11-15(7-10-20(21)29)23-22(14-5-3-2-4-6-14)27-24(28-23)18-13-26-19-9-8-16(25)12-17(18)19/h2-13,26,29H,1H3,(H,27,28). The van der Waals surface area contributed by atoms with Crippen molar-refractivity contribution in [2.24, 2.45) is 0 Å². The van der Waals surface area contributed by atoms with Gasteiger partial charge in [-0.1, -0.05) is 46.3 Å². The largest absolute Gasteiger partial charge is 0.504 e. The molecule has 3 N–H and O–H groups in total. The van der Waals surface area contributed by atoms with Gasteiger partial charge in [0.2, 0.25) is 0 Å². The SMILES string of the molecule is COc1cc(-c2nc(-c3c[nH]c4ccc(Br)cc34)[nH]c2-c2ccccc2)ccc1O. The molecule has 0 aliphatic rings. The van der Waals surface area contributed by atoms with E-state index < -0.39 is 0 Å². The average molecular weight is 460 g/mol. The van der Waals surface area contributed by atoms with Gasteiger partial charge in [-0.3, -0.25) is 0 Å². The molecule has 5 aromatic rings. The molecule has 0 fully saturated rings. The minimum atomic E-state index is 0.0970. The fraction of sp³-hybridized carbons (Fsp3) is 0.0417. The number of hydrogen-bond acceptors (Lipinski definition) is 3. The number of nitrogens with one attached hydrogen (secondary N) is 2. The first-order valence-corrected chi connectivity index (χ1v) is 10.2. The fourth-order valence-electron chi connectivity index (χ4n) is 3.64. The summed E-state index contributed by atoms with van der Waals surface area (Å²) < 4.78 is 6.31. The highest BCUT2D eigenvalue weighted by molar-refractivity contribution is 9.10. The van der Waals surface area contributed by atoms with Gasteiger partial charge in [0.25, 0.3) is 0 Å². The number of aromatic nitrogens is 3. The molecule has 2 aromatic heterocycles. The van der Waals surface area contributed by atoms with E-state index in [4.69, 9.17) is 9.72 Å². The van der Waals surface area contributed by atoms with E-state index in [9.17, 15) is 5.11 Å². The number of ether oxygens (including phenoxy) is 1. The summed E-state index contributed by atoms with van der Waals surface area (Å²) >= 11 is 3.56. The molecule has 0 atom stereocenters. The number of phenolic OH excluding ortho intramolecular Hbond substituents is 1. The lowest BCUT2D eigenvalue weighted by Gasteiger charge is -2.07. The van der Waals surface area contributed by atoms with E-state index in [0.717, 1.165) is 49.3 Å². The van der Waals surface area contributed by atoms with Crippen LogP contribution in [0.5, 0.6) is 11.5 Å². The third kappa shape index (κ3) is 3.15. The number of fused-ring (bicyclic) bond motifs is 1. The highest BCUT2D eigenvalue weighted by atomic mass is 79.9. The minimum absolute atomic E-state index is 0.0970. The summed E-state index contributed by atoms with van der Waals surface area (Å²) in [5, 5.41) is 11.1. The monoisotopic (exact) mass is 459 g/mol. The van der Waals surface area contributed by atoms with Gasteiger partial charge < -0.3 is 19.8 Å². The summed E-state index contributed by atoms with van der Waals surface area (Å²) in [6, 6.07) is 21.5. The predicted octanol–water partition coefficient (Wildman–Crippen LogP) is 6.37. The number of imidazole rings is 1. The van der Waals surface area contributed by atoms with Gasteiger partial charge in [-0.2, -0.15) is 0 Å². The van der Waals surface area contributed by atoms with E-state index in [0.29, 0.717) is 5.75 Å². The first-order valence-electron chi connectivity index (χ1n) is 9.44. The maximum absolute atomic E-state index is 10.0. The van der Waals surface area contributed by atoms with Crippen molar-refractivity contribution >= 4 is 26.8 Å². The molecule has 3 aromatic carbocycles. The average Bonchev–Trinajstić information content (AvgIpc) is 3.39. The predicted molar refractivity (Wildman–Crippen MR) is 123 cm³/mol. The molecule has 5 nitrogen and oxygen atoms in total. The second-order valence-corrected chi connectivity index (χ2v) is 7.87. The normalized spacial score (nSPS) is 11.1. The van der Waals surface area contributed by atoms with Crippen LogP contribution >= 0.6 is 15.9 Å². The molecule has 6 heteroatoms. The molecular weight excluding hydrogens is 442 g/mol. The smallest absolute Gasteiger partial charge is 0.161 e. The van der Waals surface area contributed by atoms with Crippen LogP contribution in [0.1, 0.15) is 0 Å². The summed E-state index contributed by atoms with van der Waals surface area (Å²) in [7, 11) is 1.54. The van der Waals surface area contributed by atoms with Crippen LogP contribution in [0.4, 0.5) is 0 Å². The van der Waals surface area contributed by atoms with E-state index in [1.165, 1.54) is 7.11 Å². The van der Waals surface area contributed by atoms with E-state index >= 15 is 0 Å². The molecule has 0 radical (unpaired) electrons. The lowest BCUT2D eigenvalue weighted by atomic mass is 10.0. The number of aromatic hydroxyl groups is 1. The lowest BCUT2D eigenvalue weighted by Crippen LogP contribution is -1.87. The van der Waals surface area contributed by atoms with Gasteiger partial charge in [0, 0.05) is 38.3 Å². The number of aromatic amines is 2. The van der Waals surface area contributed by atoms with Crippen molar-refractivity contribution in [3.8, 4) is 45.4 Å². The van der Waals surface area contributed by atoms with Gasteiger partial charge in [0.1, 0.15) is 5.82 Å². The molecule has 0 saturated heterocycles. The molecular formula is C24H18BrN3O2. The molecule has 0 spiro atoms. The van der Waals surface area contributed by atoms with Gasteiger partial charge in [-0.05, 0) is 36.4 Å². The first kappa shape index (κ1) is 18.5.